The molecule has 1 saturated heterocycles. The van der Waals surface area contributed by atoms with Crippen LogP contribution in [0.2, 0.25) is 0 Å². The molecule has 0 N–H and O–H groups in total. The fourth-order valence-electron chi connectivity index (χ4n) is 5.63. The van der Waals surface area contributed by atoms with Gasteiger partial charge in [-0.25, -0.2) is 0 Å². The van der Waals surface area contributed by atoms with Crippen LogP contribution in [0, 0.1) is 17.3 Å². The molecule has 5 rings (SSSR count). The van der Waals surface area contributed by atoms with E-state index in [-0.39, 0.29) is 11.8 Å². The quantitative estimate of drug-likeness (QED) is 0.518. The van der Waals surface area contributed by atoms with Crippen molar-refractivity contribution < 1.29 is 9.59 Å². The highest BCUT2D eigenvalue weighted by atomic mass is 79.9. The molecular weight excluding hydrogens is 466 g/mol. The lowest BCUT2D eigenvalue weighted by Gasteiger charge is -2.57. The van der Waals surface area contributed by atoms with Gasteiger partial charge >= 0.3 is 0 Å². The fourth-order valence-corrected chi connectivity index (χ4v) is 6.03. The van der Waals surface area contributed by atoms with Gasteiger partial charge in [-0.15, -0.1) is 0 Å². The average molecular weight is 502 g/mol. The molecule has 174 valence electrons. The monoisotopic (exact) mass is 501 g/mol. The third kappa shape index (κ3) is 4.81. The van der Waals surface area contributed by atoms with E-state index in [0.29, 0.717) is 17.8 Å². The van der Waals surface area contributed by atoms with E-state index in [1.807, 2.05) is 36.1 Å². The van der Waals surface area contributed by atoms with Crippen molar-refractivity contribution in [3.63, 3.8) is 0 Å². The molecule has 1 aliphatic heterocycles. The minimum Gasteiger partial charge on any atom is -0.337 e. The van der Waals surface area contributed by atoms with Crippen LogP contribution in [0.4, 0.5) is 0 Å². The van der Waals surface area contributed by atoms with Gasteiger partial charge in [-0.05, 0) is 48.3 Å². The Bertz CT molecular complexity index is 889. The number of carbonyl (C=O) groups is 2. The van der Waals surface area contributed by atoms with Crippen LogP contribution in [0.15, 0.2) is 40.4 Å². The first-order valence-electron chi connectivity index (χ1n) is 12.0. The largest absolute Gasteiger partial charge is 0.337 e. The standard InChI is InChI=1S/C26H36BrN3O2/c1-4-24(31)30(18-20-8-9-21-17-23(20)26(21,2)3)15-12-28-10-13-29(14-11-28)25(32)19-6-5-7-22(27)16-19/h5-8,16,21,23H,4,9-15,17-18H2,1-3H3. The molecule has 3 aliphatic carbocycles. The Labute approximate surface area is 200 Å². The third-order valence-corrected chi connectivity index (χ3v) is 8.52. The van der Waals surface area contributed by atoms with Crippen LogP contribution in [0.3, 0.4) is 0 Å². The molecule has 2 bridgehead atoms. The zero-order valence-electron chi connectivity index (χ0n) is 19.6. The second-order valence-corrected chi connectivity index (χ2v) is 11.1. The summed E-state index contributed by atoms with van der Waals surface area (Å²) in [5, 5.41) is 0. The molecule has 1 heterocycles. The van der Waals surface area contributed by atoms with Crippen molar-refractivity contribution in [2.24, 2.45) is 17.3 Å². The van der Waals surface area contributed by atoms with E-state index < -0.39 is 0 Å². The summed E-state index contributed by atoms with van der Waals surface area (Å²) in [5.74, 6) is 1.80. The SMILES string of the molecule is CCC(=O)N(CCN1CCN(C(=O)c2cccc(Br)c2)CC1)CC1=CCC2CC1C2(C)C. The van der Waals surface area contributed by atoms with E-state index in [0.717, 1.165) is 61.8 Å². The molecule has 2 atom stereocenters. The van der Waals surface area contributed by atoms with Gasteiger partial charge in [-0.2, -0.15) is 0 Å². The number of allylic oxidation sites excluding steroid dienone is 1. The summed E-state index contributed by atoms with van der Waals surface area (Å²) in [6.07, 6.45) is 5.42. The van der Waals surface area contributed by atoms with Crippen LogP contribution in [-0.2, 0) is 4.79 Å². The van der Waals surface area contributed by atoms with Gasteiger partial charge in [-0.3, -0.25) is 14.5 Å². The summed E-state index contributed by atoms with van der Waals surface area (Å²) in [6, 6.07) is 7.60. The molecule has 1 aromatic carbocycles. The van der Waals surface area contributed by atoms with Gasteiger partial charge in [-0.1, -0.05) is 54.4 Å². The topological polar surface area (TPSA) is 43.9 Å². The second kappa shape index (κ2) is 9.68. The number of hydrogen-bond acceptors (Lipinski definition) is 3. The molecule has 0 radical (unpaired) electrons. The summed E-state index contributed by atoms with van der Waals surface area (Å²) in [6.45, 7) is 12.3. The number of rotatable bonds is 7. The van der Waals surface area contributed by atoms with Crippen LogP contribution < -0.4 is 0 Å². The first-order valence-corrected chi connectivity index (χ1v) is 12.8. The number of benzene rings is 1. The van der Waals surface area contributed by atoms with Crippen LogP contribution in [0.25, 0.3) is 0 Å². The number of piperazine rings is 1. The molecule has 5 nitrogen and oxygen atoms in total. The van der Waals surface area contributed by atoms with Crippen molar-refractivity contribution in [2.75, 3.05) is 45.8 Å². The highest BCUT2D eigenvalue weighted by Gasteiger charge is 2.51. The van der Waals surface area contributed by atoms with Crippen molar-refractivity contribution in [2.45, 2.75) is 40.0 Å². The second-order valence-electron chi connectivity index (χ2n) is 10.1. The molecule has 2 amide bonds. The molecule has 4 aliphatic rings. The van der Waals surface area contributed by atoms with Gasteiger partial charge in [0.2, 0.25) is 5.91 Å². The van der Waals surface area contributed by atoms with Gasteiger partial charge in [0.25, 0.3) is 5.91 Å². The van der Waals surface area contributed by atoms with Crippen molar-refractivity contribution in [1.29, 1.82) is 0 Å². The number of amides is 2. The normalized spacial score (nSPS) is 24.5. The van der Waals surface area contributed by atoms with E-state index in [2.05, 4.69) is 45.7 Å². The molecule has 0 spiro atoms. The summed E-state index contributed by atoms with van der Waals surface area (Å²) in [7, 11) is 0. The minimum atomic E-state index is 0.0967. The molecule has 0 aromatic heterocycles. The Hall–Kier alpha value is -1.66. The lowest BCUT2D eigenvalue weighted by Crippen LogP contribution is -2.52. The van der Waals surface area contributed by atoms with Crippen molar-refractivity contribution in [3.8, 4) is 0 Å². The van der Waals surface area contributed by atoms with Gasteiger partial charge < -0.3 is 9.80 Å². The van der Waals surface area contributed by atoms with E-state index in [9.17, 15) is 9.59 Å². The number of halogens is 1. The summed E-state index contributed by atoms with van der Waals surface area (Å²) < 4.78 is 0.927. The molecule has 32 heavy (non-hydrogen) atoms. The summed E-state index contributed by atoms with van der Waals surface area (Å²) in [5.41, 5.74) is 2.60. The van der Waals surface area contributed by atoms with Crippen LogP contribution in [0.1, 0.15) is 50.4 Å². The fraction of sp³-hybridized carbons (Fsp3) is 0.615. The van der Waals surface area contributed by atoms with Gasteiger partial charge in [0, 0.05) is 62.3 Å². The zero-order chi connectivity index (χ0) is 22.9. The summed E-state index contributed by atoms with van der Waals surface area (Å²) in [4.78, 5) is 31.9. The van der Waals surface area contributed by atoms with E-state index in [1.165, 1.54) is 18.4 Å². The lowest BCUT2D eigenvalue weighted by atomic mass is 9.49. The first kappa shape index (κ1) is 23.5. The zero-order valence-corrected chi connectivity index (χ0v) is 21.2. The maximum absolute atomic E-state index is 12.8. The molecular formula is C26H36BrN3O2. The molecule has 2 unspecified atom stereocenters. The lowest BCUT2D eigenvalue weighted by molar-refractivity contribution is -0.131. The highest BCUT2D eigenvalue weighted by molar-refractivity contribution is 9.10. The Morgan fingerprint density at radius 1 is 1.19 bits per heavy atom. The average Bonchev–Trinajstić information content (AvgIpc) is 2.81. The third-order valence-electron chi connectivity index (χ3n) is 8.03. The van der Waals surface area contributed by atoms with E-state index in [1.54, 1.807) is 0 Å². The van der Waals surface area contributed by atoms with Crippen LogP contribution in [-0.4, -0.2) is 72.3 Å². The smallest absolute Gasteiger partial charge is 0.253 e. The predicted octanol–water partition coefficient (Wildman–Crippen LogP) is 4.44. The maximum Gasteiger partial charge on any atom is 0.253 e. The van der Waals surface area contributed by atoms with Gasteiger partial charge in [0.1, 0.15) is 0 Å². The minimum absolute atomic E-state index is 0.0967. The number of carbonyl (C=O) groups excluding carboxylic acids is 2. The first-order chi connectivity index (χ1) is 15.3. The number of hydrogen-bond donors (Lipinski definition) is 0. The Kier molecular flexibility index (Phi) is 7.11. The van der Waals surface area contributed by atoms with E-state index >= 15 is 0 Å². The molecule has 1 aromatic rings. The molecule has 1 saturated carbocycles. The predicted molar refractivity (Wildman–Crippen MR) is 131 cm³/mol. The van der Waals surface area contributed by atoms with Crippen LogP contribution >= 0.6 is 15.9 Å². The van der Waals surface area contributed by atoms with Crippen LogP contribution in [0.5, 0.6) is 0 Å². The Morgan fingerprint density at radius 3 is 2.56 bits per heavy atom. The van der Waals surface area contributed by atoms with Gasteiger partial charge in [0.05, 0.1) is 0 Å². The van der Waals surface area contributed by atoms with E-state index in [4.69, 9.17) is 0 Å². The Balaban J connectivity index is 1.29. The van der Waals surface area contributed by atoms with Crippen molar-refractivity contribution in [3.05, 3.63) is 46.0 Å². The van der Waals surface area contributed by atoms with Gasteiger partial charge in [0.15, 0.2) is 0 Å². The van der Waals surface area contributed by atoms with Crippen molar-refractivity contribution >= 4 is 27.7 Å². The Morgan fingerprint density at radius 2 is 1.94 bits per heavy atom. The maximum atomic E-state index is 12.8. The molecule has 6 heteroatoms. The number of fused-ring (bicyclic) bond motifs is 1. The van der Waals surface area contributed by atoms with Crippen molar-refractivity contribution in [1.82, 2.24) is 14.7 Å². The number of nitrogens with zero attached hydrogens (tertiary/aromatic N) is 3. The summed E-state index contributed by atoms with van der Waals surface area (Å²) >= 11 is 3.45. The highest BCUT2D eigenvalue weighted by Crippen LogP contribution is 2.59. The molecule has 2 fully saturated rings.